The highest BCUT2D eigenvalue weighted by molar-refractivity contribution is 6.12. The number of hydrogen-bond donors (Lipinski definition) is 0. The van der Waals surface area contributed by atoms with Gasteiger partial charge in [-0.1, -0.05) is 48.5 Å². The summed E-state index contributed by atoms with van der Waals surface area (Å²) >= 11 is 0. The fourth-order valence-corrected chi connectivity index (χ4v) is 3.46. The first-order valence-electron chi connectivity index (χ1n) is 8.03. The largest absolute Gasteiger partial charge is 0.213 e. The molecule has 0 aliphatic heterocycles. The Morgan fingerprint density at radius 3 is 2.39 bits per heavy atom. The number of aryl methyl sites for hydroxylation is 3. The zero-order valence-electron chi connectivity index (χ0n) is 13.8. The quantitative estimate of drug-likeness (QED) is 0.340. The minimum Gasteiger partial charge on any atom is -0.201 e. The molecule has 0 amide bonds. The Morgan fingerprint density at radius 1 is 0.739 bits per heavy atom. The van der Waals surface area contributed by atoms with Crippen molar-refractivity contribution in [3.63, 3.8) is 0 Å². The van der Waals surface area contributed by atoms with Crippen LogP contribution in [0.5, 0.6) is 0 Å². The predicted molar refractivity (Wildman–Crippen MR) is 97.5 cm³/mol. The number of pyridine rings is 1. The summed E-state index contributed by atoms with van der Waals surface area (Å²) < 4.78 is 2.21. The van der Waals surface area contributed by atoms with Crippen molar-refractivity contribution in [3.05, 3.63) is 78.0 Å². The second-order valence-corrected chi connectivity index (χ2v) is 6.34. The molecule has 0 radical (unpaired) electrons. The van der Waals surface area contributed by atoms with Gasteiger partial charge in [0.1, 0.15) is 7.05 Å². The van der Waals surface area contributed by atoms with E-state index in [2.05, 4.69) is 92.3 Å². The molecule has 0 atom stereocenters. The average molecular weight is 298 g/mol. The summed E-state index contributed by atoms with van der Waals surface area (Å²) in [6.45, 7) is 4.35. The van der Waals surface area contributed by atoms with Crippen molar-refractivity contribution in [1.82, 2.24) is 0 Å². The number of nitrogens with zero attached hydrogens (tertiary/aromatic N) is 1. The van der Waals surface area contributed by atoms with Crippen molar-refractivity contribution < 1.29 is 4.57 Å². The van der Waals surface area contributed by atoms with E-state index < -0.39 is 0 Å². The second kappa shape index (κ2) is 5.20. The summed E-state index contributed by atoms with van der Waals surface area (Å²) in [6.07, 6.45) is 2.14. The molecule has 0 fully saturated rings. The molecule has 1 aromatic heterocycles. The van der Waals surface area contributed by atoms with Gasteiger partial charge < -0.3 is 0 Å². The highest BCUT2D eigenvalue weighted by Gasteiger charge is 2.16. The smallest absolute Gasteiger partial charge is 0.201 e. The van der Waals surface area contributed by atoms with Crippen LogP contribution in [0.4, 0.5) is 0 Å². The van der Waals surface area contributed by atoms with Crippen LogP contribution in [0.15, 0.2) is 66.9 Å². The van der Waals surface area contributed by atoms with Gasteiger partial charge in [0.2, 0.25) is 5.69 Å². The van der Waals surface area contributed by atoms with Crippen LogP contribution in [0.1, 0.15) is 11.1 Å². The van der Waals surface area contributed by atoms with Gasteiger partial charge in [-0.25, -0.2) is 4.57 Å². The van der Waals surface area contributed by atoms with Crippen LogP contribution in [0.3, 0.4) is 0 Å². The van der Waals surface area contributed by atoms with Gasteiger partial charge in [0.15, 0.2) is 6.20 Å². The van der Waals surface area contributed by atoms with Crippen LogP contribution in [0.2, 0.25) is 0 Å². The standard InChI is InChI=1S/C22H20N/c1-15-12-13-23(3)21(14-15)22-16(2)8-10-19-18-7-5-4-6-17(18)9-11-20(19)22/h4-14H,1-3H3/q+1. The van der Waals surface area contributed by atoms with E-state index >= 15 is 0 Å². The highest BCUT2D eigenvalue weighted by atomic mass is 14.9. The van der Waals surface area contributed by atoms with Crippen LogP contribution in [0.25, 0.3) is 32.8 Å². The molecule has 1 nitrogen and oxygen atoms in total. The maximum absolute atomic E-state index is 2.27. The van der Waals surface area contributed by atoms with Crippen LogP contribution in [0, 0.1) is 13.8 Å². The first-order valence-corrected chi connectivity index (χ1v) is 8.03. The van der Waals surface area contributed by atoms with Gasteiger partial charge in [0.05, 0.1) is 5.56 Å². The fraction of sp³-hybridized carbons (Fsp3) is 0.136. The molecule has 23 heavy (non-hydrogen) atoms. The van der Waals surface area contributed by atoms with Gasteiger partial charge in [-0.3, -0.25) is 0 Å². The topological polar surface area (TPSA) is 3.88 Å². The Bertz CT molecular complexity index is 1040. The minimum atomic E-state index is 1.27. The van der Waals surface area contributed by atoms with Crippen molar-refractivity contribution in [2.45, 2.75) is 13.8 Å². The third-order valence-electron chi connectivity index (χ3n) is 4.70. The molecule has 0 unspecified atom stereocenters. The van der Waals surface area contributed by atoms with Gasteiger partial charge >= 0.3 is 0 Å². The summed E-state index contributed by atoms with van der Waals surface area (Å²) in [5.74, 6) is 0. The summed E-state index contributed by atoms with van der Waals surface area (Å²) in [7, 11) is 2.12. The molecule has 0 aliphatic carbocycles. The number of rotatable bonds is 1. The Balaban J connectivity index is 2.16. The Morgan fingerprint density at radius 2 is 1.52 bits per heavy atom. The van der Waals surface area contributed by atoms with Crippen LogP contribution in [-0.4, -0.2) is 0 Å². The zero-order valence-corrected chi connectivity index (χ0v) is 13.8. The minimum absolute atomic E-state index is 1.27. The molecule has 112 valence electrons. The number of hydrogen-bond acceptors (Lipinski definition) is 0. The Labute approximate surface area is 136 Å². The average Bonchev–Trinajstić information content (AvgIpc) is 2.57. The fourth-order valence-electron chi connectivity index (χ4n) is 3.46. The number of benzene rings is 3. The predicted octanol–water partition coefficient (Wildman–Crippen LogP) is 5.10. The van der Waals surface area contributed by atoms with E-state index in [1.807, 2.05) is 0 Å². The maximum Gasteiger partial charge on any atom is 0.213 e. The second-order valence-electron chi connectivity index (χ2n) is 6.34. The molecular formula is C22H20N+. The lowest BCUT2D eigenvalue weighted by Gasteiger charge is -2.11. The van der Waals surface area contributed by atoms with E-state index in [1.165, 1.54) is 43.9 Å². The van der Waals surface area contributed by atoms with Gasteiger partial charge in [0.25, 0.3) is 0 Å². The Kier molecular flexibility index (Phi) is 3.16. The van der Waals surface area contributed by atoms with E-state index in [9.17, 15) is 0 Å². The highest BCUT2D eigenvalue weighted by Crippen LogP contribution is 2.34. The van der Waals surface area contributed by atoms with Crippen LogP contribution >= 0.6 is 0 Å². The Hall–Kier alpha value is -2.67. The van der Waals surface area contributed by atoms with Gasteiger partial charge in [0, 0.05) is 12.1 Å². The van der Waals surface area contributed by atoms with Gasteiger partial charge in [-0.2, -0.15) is 0 Å². The van der Waals surface area contributed by atoms with Crippen molar-refractivity contribution in [2.75, 3.05) is 0 Å². The lowest BCUT2D eigenvalue weighted by Crippen LogP contribution is -2.30. The van der Waals surface area contributed by atoms with Crippen molar-refractivity contribution >= 4 is 21.5 Å². The maximum atomic E-state index is 2.27. The van der Waals surface area contributed by atoms with Crippen LogP contribution < -0.4 is 4.57 Å². The molecule has 0 aliphatic rings. The molecule has 1 heterocycles. The molecule has 0 spiro atoms. The van der Waals surface area contributed by atoms with E-state index in [-0.39, 0.29) is 0 Å². The lowest BCUT2D eigenvalue weighted by molar-refractivity contribution is -0.660. The van der Waals surface area contributed by atoms with E-state index in [1.54, 1.807) is 0 Å². The summed E-state index contributed by atoms with van der Waals surface area (Å²) in [5, 5.41) is 5.26. The zero-order chi connectivity index (χ0) is 16.0. The van der Waals surface area contributed by atoms with Crippen molar-refractivity contribution in [2.24, 2.45) is 7.05 Å². The lowest BCUT2D eigenvalue weighted by atomic mass is 9.93. The molecule has 3 aromatic carbocycles. The third kappa shape index (κ3) is 2.20. The van der Waals surface area contributed by atoms with E-state index in [0.717, 1.165) is 0 Å². The van der Waals surface area contributed by atoms with Crippen molar-refractivity contribution in [3.8, 4) is 11.3 Å². The van der Waals surface area contributed by atoms with Crippen LogP contribution in [-0.2, 0) is 7.05 Å². The normalized spacial score (nSPS) is 11.3. The molecular weight excluding hydrogens is 278 g/mol. The molecule has 0 saturated carbocycles. The monoisotopic (exact) mass is 298 g/mol. The molecule has 4 aromatic rings. The van der Waals surface area contributed by atoms with Gasteiger partial charge in [-0.05, 0) is 46.5 Å². The molecule has 0 bridgehead atoms. The van der Waals surface area contributed by atoms with E-state index in [4.69, 9.17) is 0 Å². The van der Waals surface area contributed by atoms with E-state index in [0.29, 0.717) is 0 Å². The van der Waals surface area contributed by atoms with Crippen molar-refractivity contribution in [1.29, 1.82) is 0 Å². The SMILES string of the molecule is Cc1cc[n+](C)c(-c2c(C)ccc3c2ccc2ccccc23)c1. The van der Waals surface area contributed by atoms with Gasteiger partial charge in [-0.15, -0.1) is 0 Å². The first-order chi connectivity index (χ1) is 11.1. The number of aromatic nitrogens is 1. The molecule has 1 heteroatoms. The molecule has 4 rings (SSSR count). The summed E-state index contributed by atoms with van der Waals surface area (Å²) in [5.41, 5.74) is 5.20. The number of fused-ring (bicyclic) bond motifs is 3. The summed E-state index contributed by atoms with van der Waals surface area (Å²) in [4.78, 5) is 0. The third-order valence-corrected chi connectivity index (χ3v) is 4.70. The summed E-state index contributed by atoms with van der Waals surface area (Å²) in [6, 6.07) is 22.0. The molecule has 0 saturated heterocycles. The molecule has 0 N–H and O–H groups in total. The first kappa shape index (κ1) is 14.0.